The van der Waals surface area contributed by atoms with Gasteiger partial charge < -0.3 is 14.3 Å². The molecule has 75 heavy (non-hydrogen) atoms. The van der Waals surface area contributed by atoms with Gasteiger partial charge in [0.1, 0.15) is 23.2 Å². The minimum atomic E-state index is -0.550. The number of benzene rings is 2. The zero-order chi connectivity index (χ0) is 54.7. The first-order chi connectivity index (χ1) is 35.1. The Labute approximate surface area is 446 Å². The highest BCUT2D eigenvalue weighted by Gasteiger charge is 2.39. The fourth-order valence-corrected chi connectivity index (χ4v) is 11.2. The van der Waals surface area contributed by atoms with Crippen molar-refractivity contribution in [2.45, 2.75) is 157 Å². The third-order valence-corrected chi connectivity index (χ3v) is 16.1. The molecule has 2 aromatic carbocycles. The number of nitrogens with two attached hydrogens (primary N) is 1. The van der Waals surface area contributed by atoms with E-state index in [4.69, 9.17) is 26.3 Å². The number of furan rings is 2. The van der Waals surface area contributed by atoms with Crippen LogP contribution in [0.3, 0.4) is 0 Å². The molecule has 0 fully saturated rings. The zero-order valence-corrected chi connectivity index (χ0v) is 47.5. The highest BCUT2D eigenvalue weighted by molar-refractivity contribution is 6.67. The molecule has 8 aromatic rings. The van der Waals surface area contributed by atoms with Crippen LogP contribution >= 0.6 is 11.6 Å². The monoisotopic (exact) mass is 1030 g/mol. The molecule has 0 saturated carbocycles. The van der Waals surface area contributed by atoms with Crippen LogP contribution in [0.4, 0.5) is 11.6 Å². The third kappa shape index (κ3) is 11.1. The fraction of sp³-hybridized carbons (Fsp3) is 0.433. The average molecular weight is 1040 g/mol. The van der Waals surface area contributed by atoms with Gasteiger partial charge >= 0.3 is 5.91 Å². The number of amides is 1. The van der Waals surface area contributed by atoms with Gasteiger partial charge in [0, 0.05) is 37.7 Å². The minimum Gasteiger partial charge on any atom is -0.456 e. The number of carbonyl (C=O) groups is 2. The number of fused-ring (bicyclic) bond motifs is 4. The van der Waals surface area contributed by atoms with Crippen molar-refractivity contribution in [1.82, 2.24) is 35.0 Å². The number of carbonyl (C=O) groups excluding carboxylic acids is 2. The lowest BCUT2D eigenvalue weighted by atomic mass is 9.62. The number of hydrogen-bond acceptors (Lipinski definition) is 11. The number of aromatic nitrogens is 6. The Morgan fingerprint density at radius 3 is 1.37 bits per heavy atom. The van der Waals surface area contributed by atoms with Gasteiger partial charge in [0.25, 0.3) is 5.24 Å². The predicted octanol–water partition coefficient (Wildman–Crippen LogP) is 13.0. The third-order valence-electron chi connectivity index (χ3n) is 15.9. The van der Waals surface area contributed by atoms with Gasteiger partial charge in [-0.2, -0.15) is 10.2 Å². The summed E-state index contributed by atoms with van der Waals surface area (Å²) in [6.07, 6.45) is 6.11. The quantitative estimate of drug-likeness (QED) is 0.0613. The summed E-state index contributed by atoms with van der Waals surface area (Å²) in [5, 5.41) is 10.3. The number of rotatable bonds is 9. The van der Waals surface area contributed by atoms with Gasteiger partial charge in [0.05, 0.1) is 11.4 Å². The van der Waals surface area contributed by atoms with Crippen molar-refractivity contribution in [1.29, 1.82) is 0 Å². The van der Waals surface area contributed by atoms with Crippen LogP contribution in [0.25, 0.3) is 22.1 Å². The van der Waals surface area contributed by atoms with E-state index in [2.05, 4.69) is 130 Å². The Hall–Kier alpha value is -6.77. The molecule has 0 spiro atoms. The maximum atomic E-state index is 12.8. The summed E-state index contributed by atoms with van der Waals surface area (Å²) in [4.78, 5) is 32.9. The summed E-state index contributed by atoms with van der Waals surface area (Å²) < 4.78 is 15.0. The molecule has 0 saturated heterocycles. The van der Waals surface area contributed by atoms with Crippen molar-refractivity contribution in [2.24, 2.45) is 19.9 Å². The minimum absolute atomic E-state index is 0.150. The van der Waals surface area contributed by atoms with Crippen molar-refractivity contribution in [2.75, 3.05) is 10.9 Å². The normalized spacial score (nSPS) is 15.8. The Morgan fingerprint density at radius 1 is 0.573 bits per heavy atom. The van der Waals surface area contributed by atoms with Crippen LogP contribution in [0.15, 0.2) is 69.5 Å². The number of nitrogens with one attached hydrogen (secondary N) is 3. The molecule has 0 unspecified atom stereocenters. The predicted molar refractivity (Wildman–Crippen MR) is 301 cm³/mol. The van der Waals surface area contributed by atoms with Crippen molar-refractivity contribution in [3.8, 4) is 0 Å². The second-order valence-electron chi connectivity index (χ2n) is 23.5. The molecule has 15 heteroatoms. The first-order valence-corrected chi connectivity index (χ1v) is 26.3. The average Bonchev–Trinajstić information content (AvgIpc) is 4.14. The lowest BCUT2D eigenvalue weighted by Crippen LogP contribution is -2.34. The number of hydrogen-bond donors (Lipinski definition) is 4. The lowest BCUT2D eigenvalue weighted by Gasteiger charge is -2.42. The van der Waals surface area contributed by atoms with Crippen molar-refractivity contribution < 1.29 is 18.4 Å². The molecular weight excluding hydrogens is 960 g/mol. The number of anilines is 2. The first-order valence-electron chi connectivity index (χ1n) is 25.9. The highest BCUT2D eigenvalue weighted by atomic mass is 35.5. The number of nitrogens with zero attached hydrogens (tertiary/aromatic N) is 6. The largest absolute Gasteiger partial charge is 0.456 e. The Morgan fingerprint density at radius 2 is 0.960 bits per heavy atom. The summed E-state index contributed by atoms with van der Waals surface area (Å²) in [5.41, 5.74) is 25.5. The summed E-state index contributed by atoms with van der Waals surface area (Å²) in [5.74, 6) is 8.19. The maximum absolute atomic E-state index is 12.8. The van der Waals surface area contributed by atoms with E-state index in [9.17, 15) is 9.59 Å². The van der Waals surface area contributed by atoms with E-state index >= 15 is 0 Å². The number of nitrogen functional groups attached to an aromatic ring is 1. The van der Waals surface area contributed by atoms with E-state index in [0.717, 1.165) is 56.1 Å². The number of aryl methyl sites for hydroxylation is 8. The van der Waals surface area contributed by atoms with Crippen molar-refractivity contribution in [3.05, 3.63) is 151 Å². The molecule has 2 aliphatic carbocycles. The molecule has 0 bridgehead atoms. The van der Waals surface area contributed by atoms with Crippen LogP contribution in [0, 0.1) is 41.5 Å². The van der Waals surface area contributed by atoms with Crippen molar-refractivity contribution >= 4 is 56.5 Å². The highest BCUT2D eigenvalue weighted by Crippen LogP contribution is 2.48. The van der Waals surface area contributed by atoms with Gasteiger partial charge in [-0.25, -0.2) is 15.8 Å². The van der Waals surface area contributed by atoms with Gasteiger partial charge in [-0.3, -0.25) is 29.8 Å². The molecule has 1 amide bonds. The number of halogens is 1. The number of pyridine rings is 2. The van der Waals surface area contributed by atoms with Crippen LogP contribution in [0.2, 0.25) is 0 Å². The van der Waals surface area contributed by atoms with Gasteiger partial charge in [0.2, 0.25) is 0 Å². The fourth-order valence-electron chi connectivity index (χ4n) is 11.1. The van der Waals surface area contributed by atoms with E-state index in [1.54, 1.807) is 21.5 Å². The lowest BCUT2D eigenvalue weighted by molar-refractivity contribution is 0.0933. The van der Waals surface area contributed by atoms with Crippen LogP contribution in [0.1, 0.15) is 181 Å². The topological polar surface area (TPSA) is 184 Å². The van der Waals surface area contributed by atoms with Gasteiger partial charge in [0.15, 0.2) is 22.8 Å². The SMILES string of the molecule is Cc1cc(NN)nc2c1c(C)nn2C.Cc1cc2c(cc1Cc1ccc(C(=O)Cl)o1)C(C)(C)CCC2(C)C.Cc1cc2c(cc1Cc1ccc(C(=O)NNc3cc(C)c4c(C)nn(C)c4n3)o1)C(C)(C)CCC2(C)C. The van der Waals surface area contributed by atoms with E-state index in [-0.39, 0.29) is 39.1 Å². The molecule has 14 nitrogen and oxygen atoms in total. The first kappa shape index (κ1) is 54.5. The molecule has 5 N–H and O–H groups in total. The van der Waals surface area contributed by atoms with E-state index in [1.165, 1.54) is 70.2 Å². The Bertz CT molecular complexity index is 3490. The number of hydrazine groups is 2. The molecule has 0 atom stereocenters. The molecule has 396 valence electrons. The standard InChI is InChI=1S/C30H37N5O2.C21H25ClO2.C9H13N5/c1-17-13-22-23(30(6,7)12-11-29(22,4)5)16-20(17)15-21-9-10-24(37-21)28(36)33-32-25-14-18(2)26-19(3)34-35(8)27(26)31-25;1-13-10-16-17(21(4,5)9-8-20(16,2)3)12-14(13)11-15-6-7-18(24-15)19(22)23;1-5-4-7(12-10)11-9-8(5)6(2)13-14(9)3/h9-10,13-14,16H,11-12,15H2,1-8H3,(H,31,32)(H,33,36);6-7,10,12H,8-9,11H2,1-5H3;4H,10H2,1-3H3,(H,11,12). The van der Waals surface area contributed by atoms with Gasteiger partial charge in [-0.05, 0) is 193 Å². The van der Waals surface area contributed by atoms with Gasteiger partial charge in [-0.15, -0.1) is 0 Å². The molecule has 0 aliphatic heterocycles. The second kappa shape index (κ2) is 20.4. The smallest absolute Gasteiger partial charge is 0.305 e. The molecule has 10 rings (SSSR count). The van der Waals surface area contributed by atoms with Crippen LogP contribution in [-0.2, 0) is 48.6 Å². The van der Waals surface area contributed by atoms with E-state index < -0.39 is 5.24 Å². The van der Waals surface area contributed by atoms with Crippen LogP contribution in [0.5, 0.6) is 0 Å². The summed E-state index contributed by atoms with van der Waals surface area (Å²) in [6.45, 7) is 31.0. The molecule has 2 aliphatic rings. The van der Waals surface area contributed by atoms with Crippen LogP contribution in [-0.4, -0.2) is 40.7 Å². The van der Waals surface area contributed by atoms with E-state index in [0.29, 0.717) is 24.5 Å². The van der Waals surface area contributed by atoms with Gasteiger partial charge in [-0.1, -0.05) is 79.7 Å². The summed E-state index contributed by atoms with van der Waals surface area (Å²) in [6, 6.07) is 20.3. The Balaban J connectivity index is 0.000000167. The summed E-state index contributed by atoms with van der Waals surface area (Å²) in [7, 11) is 3.74. The molecule has 0 radical (unpaired) electrons. The summed E-state index contributed by atoms with van der Waals surface area (Å²) >= 11 is 5.48. The van der Waals surface area contributed by atoms with E-state index in [1.807, 2.05) is 66.1 Å². The zero-order valence-electron chi connectivity index (χ0n) is 46.8. The van der Waals surface area contributed by atoms with Crippen molar-refractivity contribution in [3.63, 3.8) is 0 Å². The molecule has 6 aromatic heterocycles. The Kier molecular flexibility index (Phi) is 14.8. The molecule has 6 heterocycles. The maximum Gasteiger partial charge on any atom is 0.305 e. The molecular formula is C60H75ClN10O4. The van der Waals surface area contributed by atoms with Crippen LogP contribution < -0.4 is 22.1 Å². The second-order valence-corrected chi connectivity index (χ2v) is 23.9.